The van der Waals surface area contributed by atoms with E-state index < -0.39 is 0 Å². The molecule has 0 aromatic carbocycles. The summed E-state index contributed by atoms with van der Waals surface area (Å²) in [5, 5.41) is 3.37. The summed E-state index contributed by atoms with van der Waals surface area (Å²) >= 11 is 2.31. The van der Waals surface area contributed by atoms with E-state index in [4.69, 9.17) is 0 Å². The molecule has 0 aliphatic heterocycles. The highest BCUT2D eigenvalue weighted by Gasteiger charge is 2.11. The number of hydrogen-bond acceptors (Lipinski definition) is 4. The average molecular weight is 368 g/mol. The molecule has 19 heavy (non-hydrogen) atoms. The predicted octanol–water partition coefficient (Wildman–Crippen LogP) is 3.53. The van der Waals surface area contributed by atoms with Crippen molar-refractivity contribution in [1.82, 2.24) is 15.0 Å². The maximum Gasteiger partial charge on any atom is 0.163 e. The Balaban J connectivity index is 2.45. The van der Waals surface area contributed by atoms with Gasteiger partial charge in [0.1, 0.15) is 5.82 Å². The van der Waals surface area contributed by atoms with Gasteiger partial charge in [0.25, 0.3) is 0 Å². The van der Waals surface area contributed by atoms with Crippen LogP contribution in [0.25, 0.3) is 11.4 Å². The predicted molar refractivity (Wildman–Crippen MR) is 86.1 cm³/mol. The molecule has 5 heteroatoms. The van der Waals surface area contributed by atoms with Crippen LogP contribution in [0.1, 0.15) is 26.0 Å². The van der Waals surface area contributed by atoms with Gasteiger partial charge in [-0.05, 0) is 47.6 Å². The number of rotatable bonds is 5. The molecule has 1 N–H and O–H groups in total. The van der Waals surface area contributed by atoms with Crippen LogP contribution in [-0.2, 0) is 6.42 Å². The molecular formula is C14H17IN4. The number of hydrogen-bond donors (Lipinski definition) is 1. The molecule has 0 amide bonds. The molecule has 2 rings (SSSR count). The quantitative estimate of drug-likeness (QED) is 0.821. The summed E-state index contributed by atoms with van der Waals surface area (Å²) < 4.78 is 1.11. The van der Waals surface area contributed by atoms with Crippen molar-refractivity contribution in [3.05, 3.63) is 33.8 Å². The average Bonchev–Trinajstić information content (AvgIpc) is 2.47. The summed E-state index contributed by atoms with van der Waals surface area (Å²) in [5.41, 5.74) is 2.03. The van der Waals surface area contributed by atoms with Crippen LogP contribution < -0.4 is 5.32 Å². The van der Waals surface area contributed by atoms with Crippen LogP contribution in [0.2, 0.25) is 0 Å². The second-order valence-corrected chi connectivity index (χ2v) is 5.26. The number of aromatic nitrogens is 3. The van der Waals surface area contributed by atoms with Crippen molar-refractivity contribution >= 4 is 28.4 Å². The Morgan fingerprint density at radius 3 is 2.74 bits per heavy atom. The number of anilines is 1. The minimum atomic E-state index is 0.740. The van der Waals surface area contributed by atoms with Crippen molar-refractivity contribution in [1.29, 1.82) is 0 Å². The van der Waals surface area contributed by atoms with Crippen LogP contribution in [0.3, 0.4) is 0 Å². The maximum atomic E-state index is 4.63. The first kappa shape index (κ1) is 14.2. The van der Waals surface area contributed by atoms with Gasteiger partial charge in [-0.3, -0.25) is 4.98 Å². The van der Waals surface area contributed by atoms with Gasteiger partial charge in [-0.25, -0.2) is 9.97 Å². The van der Waals surface area contributed by atoms with E-state index in [0.717, 1.165) is 45.9 Å². The second kappa shape index (κ2) is 6.79. The first-order valence-corrected chi connectivity index (χ1v) is 7.54. The second-order valence-electron chi connectivity index (χ2n) is 4.18. The van der Waals surface area contributed by atoms with E-state index >= 15 is 0 Å². The molecule has 4 nitrogen and oxygen atoms in total. The lowest BCUT2D eigenvalue weighted by Gasteiger charge is -2.11. The molecule has 0 bridgehead atoms. The van der Waals surface area contributed by atoms with Gasteiger partial charge in [0.05, 0.1) is 9.26 Å². The van der Waals surface area contributed by atoms with Crippen LogP contribution in [0.4, 0.5) is 5.82 Å². The maximum absolute atomic E-state index is 4.63. The number of nitrogens with one attached hydrogen (secondary N) is 1. The molecule has 100 valence electrons. The highest BCUT2D eigenvalue weighted by atomic mass is 127. The molecular weight excluding hydrogens is 351 g/mol. The molecule has 2 heterocycles. The lowest BCUT2D eigenvalue weighted by molar-refractivity contribution is 0.942. The Morgan fingerprint density at radius 2 is 2.11 bits per heavy atom. The fourth-order valence-corrected chi connectivity index (χ4v) is 2.53. The molecule has 0 radical (unpaired) electrons. The Labute approximate surface area is 127 Å². The van der Waals surface area contributed by atoms with Crippen molar-refractivity contribution in [2.45, 2.75) is 26.7 Å². The highest BCUT2D eigenvalue weighted by Crippen LogP contribution is 2.24. The van der Waals surface area contributed by atoms with E-state index in [9.17, 15) is 0 Å². The van der Waals surface area contributed by atoms with E-state index in [1.165, 1.54) is 0 Å². The van der Waals surface area contributed by atoms with Crippen molar-refractivity contribution in [2.24, 2.45) is 0 Å². The monoisotopic (exact) mass is 368 g/mol. The fourth-order valence-electron chi connectivity index (χ4n) is 1.71. The third-order valence-corrected chi connectivity index (χ3v) is 3.85. The zero-order valence-corrected chi connectivity index (χ0v) is 13.3. The number of nitrogens with zero attached hydrogens (tertiary/aromatic N) is 3. The zero-order valence-electron chi connectivity index (χ0n) is 11.2. The Morgan fingerprint density at radius 1 is 1.26 bits per heavy atom. The standard InChI is InChI=1S/C14H17IN4/c1-3-7-17-14-12(15)11(4-2)18-13(19-14)10-6-5-8-16-9-10/h5-6,8-9H,3-4,7H2,1-2H3,(H,17,18,19). The summed E-state index contributed by atoms with van der Waals surface area (Å²) in [4.78, 5) is 13.4. The first-order valence-electron chi connectivity index (χ1n) is 6.47. The lowest BCUT2D eigenvalue weighted by Crippen LogP contribution is -2.08. The highest BCUT2D eigenvalue weighted by molar-refractivity contribution is 14.1. The topological polar surface area (TPSA) is 50.7 Å². The lowest BCUT2D eigenvalue weighted by atomic mass is 10.2. The fraction of sp³-hybridized carbons (Fsp3) is 0.357. The van der Waals surface area contributed by atoms with Crippen molar-refractivity contribution < 1.29 is 0 Å². The minimum absolute atomic E-state index is 0.740. The number of pyridine rings is 1. The molecule has 0 spiro atoms. The van der Waals surface area contributed by atoms with E-state index in [1.807, 2.05) is 12.1 Å². The summed E-state index contributed by atoms with van der Waals surface area (Å²) in [7, 11) is 0. The number of aryl methyl sites for hydroxylation is 1. The molecule has 0 aliphatic rings. The van der Waals surface area contributed by atoms with Gasteiger partial charge in [0.15, 0.2) is 5.82 Å². The van der Waals surface area contributed by atoms with Gasteiger partial charge in [-0.2, -0.15) is 0 Å². The van der Waals surface area contributed by atoms with E-state index in [2.05, 4.69) is 56.7 Å². The van der Waals surface area contributed by atoms with Gasteiger partial charge in [-0.15, -0.1) is 0 Å². The van der Waals surface area contributed by atoms with Crippen LogP contribution in [0.5, 0.6) is 0 Å². The van der Waals surface area contributed by atoms with Crippen LogP contribution in [0.15, 0.2) is 24.5 Å². The molecule has 0 saturated heterocycles. The van der Waals surface area contributed by atoms with E-state index in [1.54, 1.807) is 12.4 Å². The molecule has 0 atom stereocenters. The Kier molecular flexibility index (Phi) is 5.07. The SMILES string of the molecule is CCCNc1nc(-c2cccnc2)nc(CC)c1I. The summed E-state index contributed by atoms with van der Waals surface area (Å²) in [6, 6.07) is 3.89. The van der Waals surface area contributed by atoms with Gasteiger partial charge in [0, 0.05) is 24.5 Å². The van der Waals surface area contributed by atoms with Crippen molar-refractivity contribution in [3.63, 3.8) is 0 Å². The Bertz CT molecular complexity index is 543. The zero-order chi connectivity index (χ0) is 13.7. The molecule has 0 fully saturated rings. The molecule has 2 aromatic rings. The summed E-state index contributed by atoms with van der Waals surface area (Å²) in [5.74, 6) is 1.66. The van der Waals surface area contributed by atoms with Gasteiger partial charge < -0.3 is 5.32 Å². The normalized spacial score (nSPS) is 10.5. The van der Waals surface area contributed by atoms with E-state index in [-0.39, 0.29) is 0 Å². The molecule has 0 saturated carbocycles. The van der Waals surface area contributed by atoms with Crippen molar-refractivity contribution in [3.8, 4) is 11.4 Å². The van der Waals surface area contributed by atoms with Gasteiger partial charge in [-0.1, -0.05) is 13.8 Å². The first-order chi connectivity index (χ1) is 9.26. The van der Waals surface area contributed by atoms with Crippen LogP contribution in [0, 0.1) is 3.57 Å². The largest absolute Gasteiger partial charge is 0.369 e. The number of halogens is 1. The van der Waals surface area contributed by atoms with Gasteiger partial charge in [0.2, 0.25) is 0 Å². The third-order valence-electron chi connectivity index (χ3n) is 2.72. The smallest absolute Gasteiger partial charge is 0.163 e. The van der Waals surface area contributed by atoms with Gasteiger partial charge >= 0.3 is 0 Å². The Hall–Kier alpha value is -1.24. The molecule has 2 aromatic heterocycles. The van der Waals surface area contributed by atoms with Crippen LogP contribution >= 0.6 is 22.6 Å². The summed E-state index contributed by atoms with van der Waals surface area (Å²) in [6.07, 6.45) is 5.52. The van der Waals surface area contributed by atoms with E-state index in [0.29, 0.717) is 0 Å². The molecule has 0 aliphatic carbocycles. The molecule has 0 unspecified atom stereocenters. The minimum Gasteiger partial charge on any atom is -0.369 e. The van der Waals surface area contributed by atoms with Crippen molar-refractivity contribution in [2.75, 3.05) is 11.9 Å². The van der Waals surface area contributed by atoms with Crippen LogP contribution in [-0.4, -0.2) is 21.5 Å². The third kappa shape index (κ3) is 3.40. The summed E-state index contributed by atoms with van der Waals surface area (Å²) in [6.45, 7) is 5.17.